The van der Waals surface area contributed by atoms with Crippen LogP contribution in [0.1, 0.15) is 34.1 Å². The first-order chi connectivity index (χ1) is 12.1. The molecule has 0 atom stereocenters. The molecule has 5 heteroatoms. The molecule has 0 bridgehead atoms. The molecule has 2 aromatic heterocycles. The van der Waals surface area contributed by atoms with E-state index < -0.39 is 5.97 Å². The van der Waals surface area contributed by atoms with Crippen LogP contribution in [-0.2, 0) is 4.74 Å². The molecule has 25 heavy (non-hydrogen) atoms. The number of aromatic nitrogens is 2. The molecule has 0 aliphatic rings. The smallest absolute Gasteiger partial charge is 0.339 e. The fourth-order valence-electron chi connectivity index (χ4n) is 2.48. The van der Waals surface area contributed by atoms with Crippen LogP contribution in [0.2, 0.25) is 0 Å². The number of hydrogen-bond acceptors (Lipinski definition) is 4. The lowest BCUT2D eigenvalue weighted by molar-refractivity contribution is 0.0525. The molecule has 126 valence electrons. The molecule has 0 aliphatic heterocycles. The minimum Gasteiger partial charge on any atom is -0.462 e. The summed E-state index contributed by atoms with van der Waals surface area (Å²) >= 11 is 0. The zero-order chi connectivity index (χ0) is 17.8. The van der Waals surface area contributed by atoms with Crippen LogP contribution in [0.25, 0.3) is 17.8 Å². The predicted octanol–water partition coefficient (Wildman–Crippen LogP) is 3.35. The predicted molar refractivity (Wildman–Crippen MR) is 97.5 cm³/mol. The average molecular weight is 334 g/mol. The molecule has 5 nitrogen and oxygen atoms in total. The van der Waals surface area contributed by atoms with Gasteiger partial charge in [0.2, 0.25) is 0 Å². The van der Waals surface area contributed by atoms with Gasteiger partial charge in [-0.2, -0.15) is 0 Å². The van der Waals surface area contributed by atoms with Gasteiger partial charge in [0.05, 0.1) is 17.9 Å². The maximum Gasteiger partial charge on any atom is 0.339 e. The van der Waals surface area contributed by atoms with Crippen molar-refractivity contribution in [1.29, 1.82) is 0 Å². The van der Waals surface area contributed by atoms with Gasteiger partial charge in [0.25, 0.3) is 5.56 Å². The topological polar surface area (TPSA) is 60.7 Å². The molecule has 2 heterocycles. The van der Waals surface area contributed by atoms with Crippen LogP contribution in [0.15, 0.2) is 53.5 Å². The molecule has 0 saturated heterocycles. The second-order valence-electron chi connectivity index (χ2n) is 5.54. The molecule has 0 saturated carbocycles. The van der Waals surface area contributed by atoms with Crippen LogP contribution in [0.3, 0.4) is 0 Å². The van der Waals surface area contributed by atoms with E-state index in [0.717, 1.165) is 5.56 Å². The Labute approximate surface area is 145 Å². The summed E-state index contributed by atoms with van der Waals surface area (Å²) < 4.78 is 6.35. The second-order valence-corrected chi connectivity index (χ2v) is 5.54. The number of carbonyl (C=O) groups is 1. The van der Waals surface area contributed by atoms with Crippen molar-refractivity contribution in [2.75, 3.05) is 6.61 Å². The zero-order valence-corrected chi connectivity index (χ0v) is 14.1. The molecule has 0 radical (unpaired) electrons. The van der Waals surface area contributed by atoms with Gasteiger partial charge in [-0.1, -0.05) is 36.4 Å². The fraction of sp³-hybridized carbons (Fsp3) is 0.150. The number of pyridine rings is 1. The van der Waals surface area contributed by atoms with E-state index in [1.54, 1.807) is 26.0 Å². The fourth-order valence-corrected chi connectivity index (χ4v) is 2.48. The van der Waals surface area contributed by atoms with Gasteiger partial charge in [-0.05, 0) is 37.6 Å². The van der Waals surface area contributed by atoms with Crippen molar-refractivity contribution in [3.05, 3.63) is 81.4 Å². The van der Waals surface area contributed by atoms with E-state index >= 15 is 0 Å². The SMILES string of the molecule is CCOC(=O)c1ccc2nc(/C=C/c3ccccc3)c(C)c(=O)n2c1. The maximum atomic E-state index is 12.6. The number of nitrogens with zero attached hydrogens (tertiary/aromatic N) is 2. The van der Waals surface area contributed by atoms with Crippen LogP contribution in [0, 0.1) is 6.92 Å². The Morgan fingerprint density at radius 2 is 1.92 bits per heavy atom. The first kappa shape index (κ1) is 16.6. The van der Waals surface area contributed by atoms with E-state index in [2.05, 4.69) is 4.98 Å². The summed E-state index contributed by atoms with van der Waals surface area (Å²) in [4.78, 5) is 29.0. The van der Waals surface area contributed by atoms with Gasteiger partial charge in [0, 0.05) is 11.8 Å². The van der Waals surface area contributed by atoms with E-state index in [9.17, 15) is 9.59 Å². The van der Waals surface area contributed by atoms with Crippen molar-refractivity contribution in [2.24, 2.45) is 0 Å². The third-order valence-electron chi connectivity index (χ3n) is 3.83. The molecule has 0 unspecified atom stereocenters. The number of rotatable bonds is 4. The van der Waals surface area contributed by atoms with Crippen molar-refractivity contribution in [1.82, 2.24) is 9.38 Å². The standard InChI is InChI=1S/C20H18N2O3/c1-3-25-20(24)16-10-12-18-21-17(14(2)19(23)22(18)13-16)11-9-15-7-5-4-6-8-15/h4-13H,3H2,1-2H3/b11-9+. The summed E-state index contributed by atoms with van der Waals surface area (Å²) in [5.41, 5.74) is 2.76. The Morgan fingerprint density at radius 3 is 2.64 bits per heavy atom. The van der Waals surface area contributed by atoms with Crippen molar-refractivity contribution in [3.8, 4) is 0 Å². The Kier molecular flexibility index (Phi) is 4.75. The quantitative estimate of drug-likeness (QED) is 0.687. The molecule has 1 aromatic carbocycles. The summed E-state index contributed by atoms with van der Waals surface area (Å²) in [6, 6.07) is 13.1. The Bertz CT molecular complexity index is 1000. The number of ether oxygens (including phenoxy) is 1. The lowest BCUT2D eigenvalue weighted by atomic mass is 10.1. The first-order valence-corrected chi connectivity index (χ1v) is 8.03. The third-order valence-corrected chi connectivity index (χ3v) is 3.83. The van der Waals surface area contributed by atoms with E-state index in [1.807, 2.05) is 42.5 Å². The number of benzene rings is 1. The van der Waals surface area contributed by atoms with Gasteiger partial charge in [-0.25, -0.2) is 9.78 Å². The third kappa shape index (κ3) is 3.50. The van der Waals surface area contributed by atoms with Crippen LogP contribution >= 0.6 is 0 Å². The molecule has 3 rings (SSSR count). The molecular weight excluding hydrogens is 316 g/mol. The molecule has 0 fully saturated rings. The largest absolute Gasteiger partial charge is 0.462 e. The highest BCUT2D eigenvalue weighted by Crippen LogP contribution is 2.11. The summed E-state index contributed by atoms with van der Waals surface area (Å²) in [6.45, 7) is 3.75. The molecule has 3 aromatic rings. The van der Waals surface area contributed by atoms with Crippen LogP contribution in [-0.4, -0.2) is 22.0 Å². The normalized spacial score (nSPS) is 11.1. The molecule has 0 spiro atoms. The van der Waals surface area contributed by atoms with E-state index in [0.29, 0.717) is 22.5 Å². The van der Waals surface area contributed by atoms with Crippen LogP contribution < -0.4 is 5.56 Å². The number of hydrogen-bond donors (Lipinski definition) is 0. The Morgan fingerprint density at radius 1 is 1.16 bits per heavy atom. The summed E-state index contributed by atoms with van der Waals surface area (Å²) in [5.74, 6) is -0.456. The van der Waals surface area contributed by atoms with Crippen molar-refractivity contribution < 1.29 is 9.53 Å². The van der Waals surface area contributed by atoms with Gasteiger partial charge in [-0.3, -0.25) is 9.20 Å². The summed E-state index contributed by atoms with van der Waals surface area (Å²) in [7, 11) is 0. The minimum atomic E-state index is -0.456. The van der Waals surface area contributed by atoms with Gasteiger partial charge >= 0.3 is 5.97 Å². The lowest BCUT2D eigenvalue weighted by Crippen LogP contribution is -2.20. The van der Waals surface area contributed by atoms with Crippen molar-refractivity contribution in [3.63, 3.8) is 0 Å². The summed E-state index contributed by atoms with van der Waals surface area (Å²) in [6.07, 6.45) is 5.21. The maximum absolute atomic E-state index is 12.6. The highest BCUT2D eigenvalue weighted by atomic mass is 16.5. The monoisotopic (exact) mass is 334 g/mol. The number of fused-ring (bicyclic) bond motifs is 1. The molecule has 0 N–H and O–H groups in total. The van der Waals surface area contributed by atoms with E-state index in [1.165, 1.54) is 10.6 Å². The van der Waals surface area contributed by atoms with Gasteiger partial charge in [0.15, 0.2) is 0 Å². The summed E-state index contributed by atoms with van der Waals surface area (Å²) in [5, 5.41) is 0. The van der Waals surface area contributed by atoms with Crippen molar-refractivity contribution in [2.45, 2.75) is 13.8 Å². The van der Waals surface area contributed by atoms with E-state index in [-0.39, 0.29) is 12.2 Å². The van der Waals surface area contributed by atoms with Gasteiger partial charge in [-0.15, -0.1) is 0 Å². The van der Waals surface area contributed by atoms with E-state index in [4.69, 9.17) is 4.74 Å². The highest BCUT2D eigenvalue weighted by Gasteiger charge is 2.11. The van der Waals surface area contributed by atoms with Crippen LogP contribution in [0.5, 0.6) is 0 Å². The minimum absolute atomic E-state index is 0.205. The first-order valence-electron chi connectivity index (χ1n) is 8.03. The highest BCUT2D eigenvalue weighted by molar-refractivity contribution is 5.89. The van der Waals surface area contributed by atoms with Gasteiger partial charge < -0.3 is 4.74 Å². The number of carbonyl (C=O) groups excluding carboxylic acids is 1. The molecular formula is C20H18N2O3. The zero-order valence-electron chi connectivity index (χ0n) is 14.1. The number of esters is 1. The Balaban J connectivity index is 2.04. The van der Waals surface area contributed by atoms with Crippen molar-refractivity contribution >= 4 is 23.8 Å². The second kappa shape index (κ2) is 7.13. The molecule has 0 amide bonds. The average Bonchev–Trinajstić information content (AvgIpc) is 2.64. The van der Waals surface area contributed by atoms with Gasteiger partial charge in [0.1, 0.15) is 5.65 Å². The van der Waals surface area contributed by atoms with Crippen LogP contribution in [0.4, 0.5) is 0 Å². The molecule has 0 aliphatic carbocycles. The Hall–Kier alpha value is -3.21. The lowest BCUT2D eigenvalue weighted by Gasteiger charge is -2.07.